The Morgan fingerprint density at radius 1 is 0.682 bits per heavy atom. The van der Waals surface area contributed by atoms with Gasteiger partial charge in [0, 0.05) is 11.1 Å². The summed E-state index contributed by atoms with van der Waals surface area (Å²) in [5.41, 5.74) is 13.0. The van der Waals surface area contributed by atoms with Crippen molar-refractivity contribution in [1.29, 1.82) is 0 Å². The molecule has 2 atom stereocenters. The normalized spacial score (nSPS) is 13.4. The number of rotatable bonds is 7. The minimum absolute atomic E-state index is 0.125. The van der Waals surface area contributed by atoms with Crippen molar-refractivity contribution in [2.45, 2.75) is 24.9 Å². The highest BCUT2D eigenvalue weighted by Crippen LogP contribution is 2.10. The van der Waals surface area contributed by atoms with Gasteiger partial charge in [0.25, 0.3) is 0 Å². The Hall–Kier alpha value is -2.30. The van der Waals surface area contributed by atoms with Crippen LogP contribution in [-0.2, 0) is 0 Å². The minimum atomic E-state index is -0.642. The lowest BCUT2D eigenvalue weighted by atomic mass is 9.95. The fourth-order valence-electron chi connectivity index (χ4n) is 2.25. The molecule has 2 aromatic rings. The average Bonchev–Trinajstić information content (AvgIpc) is 2.59. The van der Waals surface area contributed by atoms with Crippen molar-refractivity contribution in [1.82, 2.24) is 0 Å². The number of benzene rings is 2. The zero-order valence-electron chi connectivity index (χ0n) is 12.3. The average molecular weight is 296 g/mol. The van der Waals surface area contributed by atoms with Crippen LogP contribution in [0, 0.1) is 0 Å². The Labute approximate surface area is 130 Å². The lowest BCUT2D eigenvalue weighted by Gasteiger charge is -2.14. The van der Waals surface area contributed by atoms with E-state index in [1.165, 1.54) is 0 Å². The molecule has 0 fully saturated rings. The Morgan fingerprint density at radius 2 is 1.00 bits per heavy atom. The second-order valence-corrected chi connectivity index (χ2v) is 5.25. The molecule has 0 radical (unpaired) electrons. The molecule has 0 bridgehead atoms. The largest absolute Gasteiger partial charge is 0.321 e. The van der Waals surface area contributed by atoms with E-state index in [0.717, 1.165) is 0 Å². The fourth-order valence-corrected chi connectivity index (χ4v) is 2.25. The van der Waals surface area contributed by atoms with Gasteiger partial charge in [-0.2, -0.15) is 0 Å². The molecule has 0 aromatic heterocycles. The summed E-state index contributed by atoms with van der Waals surface area (Å²) in [6, 6.07) is 16.5. The van der Waals surface area contributed by atoms with Gasteiger partial charge in [-0.25, -0.2) is 0 Å². The first-order valence-corrected chi connectivity index (χ1v) is 7.29. The van der Waals surface area contributed by atoms with Crippen LogP contribution >= 0.6 is 0 Å². The molecule has 0 saturated heterocycles. The van der Waals surface area contributed by atoms with Crippen LogP contribution in [0.4, 0.5) is 0 Å². The van der Waals surface area contributed by atoms with Crippen molar-refractivity contribution >= 4 is 11.6 Å². The summed E-state index contributed by atoms with van der Waals surface area (Å²) in [7, 11) is 0. The molecule has 2 unspecified atom stereocenters. The molecule has 114 valence electrons. The highest BCUT2D eigenvalue weighted by atomic mass is 16.1. The van der Waals surface area contributed by atoms with Crippen LogP contribution in [0.5, 0.6) is 0 Å². The third kappa shape index (κ3) is 4.10. The first-order valence-electron chi connectivity index (χ1n) is 7.29. The molecule has 22 heavy (non-hydrogen) atoms. The van der Waals surface area contributed by atoms with Crippen molar-refractivity contribution in [2.24, 2.45) is 11.5 Å². The summed E-state index contributed by atoms with van der Waals surface area (Å²) < 4.78 is 0. The molecule has 0 amide bonds. The maximum atomic E-state index is 12.1. The number of hydrogen-bond acceptors (Lipinski definition) is 4. The molecule has 4 nitrogen and oxygen atoms in total. The van der Waals surface area contributed by atoms with E-state index in [-0.39, 0.29) is 11.6 Å². The van der Waals surface area contributed by atoms with Gasteiger partial charge in [-0.05, 0) is 12.8 Å². The topological polar surface area (TPSA) is 86.2 Å². The lowest BCUT2D eigenvalue weighted by molar-refractivity contribution is 0.0926. The highest BCUT2D eigenvalue weighted by molar-refractivity contribution is 6.01. The zero-order chi connectivity index (χ0) is 15.9. The van der Waals surface area contributed by atoms with Crippen LogP contribution < -0.4 is 11.5 Å². The Morgan fingerprint density at radius 3 is 1.32 bits per heavy atom. The standard InChI is InChI=1S/C18H20N2O2/c19-15(17(21)13-7-3-1-4-8-13)11-12-16(20)18(22)14-9-5-2-6-10-14/h1-10,15-16H,11-12,19-20H2. The first kappa shape index (κ1) is 16.1. The van der Waals surface area contributed by atoms with Gasteiger partial charge in [-0.3, -0.25) is 9.59 Å². The number of carbonyl (C=O) groups is 2. The van der Waals surface area contributed by atoms with Gasteiger partial charge in [0.05, 0.1) is 12.1 Å². The van der Waals surface area contributed by atoms with E-state index in [9.17, 15) is 9.59 Å². The maximum Gasteiger partial charge on any atom is 0.179 e. The van der Waals surface area contributed by atoms with Gasteiger partial charge in [0.2, 0.25) is 0 Å². The Balaban J connectivity index is 1.89. The summed E-state index contributed by atoms with van der Waals surface area (Å²) in [6.45, 7) is 0. The van der Waals surface area contributed by atoms with E-state index < -0.39 is 12.1 Å². The van der Waals surface area contributed by atoms with E-state index in [0.29, 0.717) is 24.0 Å². The third-order valence-electron chi connectivity index (χ3n) is 3.58. The highest BCUT2D eigenvalue weighted by Gasteiger charge is 2.20. The molecule has 2 aromatic carbocycles. The second kappa shape index (κ2) is 7.64. The zero-order valence-corrected chi connectivity index (χ0v) is 12.3. The van der Waals surface area contributed by atoms with E-state index in [1.807, 2.05) is 12.1 Å². The Kier molecular flexibility index (Phi) is 5.58. The van der Waals surface area contributed by atoms with Crippen LogP contribution in [-0.4, -0.2) is 23.7 Å². The van der Waals surface area contributed by atoms with Gasteiger partial charge in [-0.1, -0.05) is 60.7 Å². The van der Waals surface area contributed by atoms with Gasteiger partial charge in [-0.15, -0.1) is 0 Å². The van der Waals surface area contributed by atoms with Crippen LogP contribution in [0.1, 0.15) is 33.6 Å². The molecular formula is C18H20N2O2. The van der Waals surface area contributed by atoms with Crippen molar-refractivity contribution < 1.29 is 9.59 Å². The van der Waals surface area contributed by atoms with Crippen LogP contribution in [0.15, 0.2) is 60.7 Å². The number of hydrogen-bond donors (Lipinski definition) is 2. The van der Waals surface area contributed by atoms with Crippen molar-refractivity contribution in [3.05, 3.63) is 71.8 Å². The smallest absolute Gasteiger partial charge is 0.179 e. The number of ketones is 2. The van der Waals surface area contributed by atoms with E-state index >= 15 is 0 Å². The lowest BCUT2D eigenvalue weighted by Crippen LogP contribution is -2.36. The SMILES string of the molecule is NC(CCC(N)C(=O)c1ccccc1)C(=O)c1ccccc1. The predicted octanol–water partition coefficient (Wildman–Crippen LogP) is 2.19. The fraction of sp³-hybridized carbons (Fsp3) is 0.222. The van der Waals surface area contributed by atoms with Gasteiger partial charge >= 0.3 is 0 Å². The van der Waals surface area contributed by atoms with Crippen LogP contribution in [0.25, 0.3) is 0 Å². The quantitative estimate of drug-likeness (QED) is 0.767. The molecule has 0 spiro atoms. The molecular weight excluding hydrogens is 276 g/mol. The minimum Gasteiger partial charge on any atom is -0.321 e. The third-order valence-corrected chi connectivity index (χ3v) is 3.58. The second-order valence-electron chi connectivity index (χ2n) is 5.25. The van der Waals surface area contributed by atoms with Gasteiger partial charge in [0.15, 0.2) is 11.6 Å². The van der Waals surface area contributed by atoms with E-state index in [2.05, 4.69) is 0 Å². The molecule has 0 aliphatic heterocycles. The summed E-state index contributed by atoms with van der Waals surface area (Å²) in [4.78, 5) is 24.3. The van der Waals surface area contributed by atoms with E-state index in [4.69, 9.17) is 11.5 Å². The number of Topliss-reactive ketones (excluding diaryl/α,β-unsaturated/α-hetero) is 2. The monoisotopic (exact) mass is 296 g/mol. The molecule has 4 N–H and O–H groups in total. The summed E-state index contributed by atoms with van der Waals surface area (Å²) in [6.07, 6.45) is 0.765. The predicted molar refractivity (Wildman–Crippen MR) is 86.7 cm³/mol. The molecule has 4 heteroatoms. The summed E-state index contributed by atoms with van der Waals surface area (Å²) >= 11 is 0. The summed E-state index contributed by atoms with van der Waals surface area (Å²) in [5.74, 6) is -0.250. The van der Waals surface area contributed by atoms with Crippen molar-refractivity contribution in [2.75, 3.05) is 0 Å². The molecule has 0 saturated carbocycles. The van der Waals surface area contributed by atoms with Crippen LogP contribution in [0.2, 0.25) is 0 Å². The number of nitrogens with two attached hydrogens (primary N) is 2. The van der Waals surface area contributed by atoms with Crippen LogP contribution in [0.3, 0.4) is 0 Å². The van der Waals surface area contributed by atoms with Crippen molar-refractivity contribution in [3.8, 4) is 0 Å². The molecule has 0 aliphatic carbocycles. The summed E-state index contributed by atoms with van der Waals surface area (Å²) in [5, 5.41) is 0. The van der Waals surface area contributed by atoms with E-state index in [1.54, 1.807) is 48.5 Å². The molecule has 0 heterocycles. The maximum absolute atomic E-state index is 12.1. The molecule has 0 aliphatic rings. The van der Waals surface area contributed by atoms with Crippen molar-refractivity contribution in [3.63, 3.8) is 0 Å². The first-order chi connectivity index (χ1) is 10.6. The van der Waals surface area contributed by atoms with Gasteiger partial charge in [0.1, 0.15) is 0 Å². The number of carbonyl (C=O) groups excluding carboxylic acids is 2. The Bertz CT molecular complexity index is 569. The molecule has 2 rings (SSSR count). The van der Waals surface area contributed by atoms with Gasteiger partial charge < -0.3 is 11.5 Å².